The maximum atomic E-state index is 8.32. The molecule has 1 heteroatoms. The molecule has 0 aliphatic carbocycles. The number of rotatable bonds is 1. The van der Waals surface area contributed by atoms with E-state index >= 15 is 0 Å². The molecule has 0 saturated heterocycles. The third kappa shape index (κ3) is 1.91. The first-order valence-electron chi connectivity index (χ1n) is 7.05. The lowest BCUT2D eigenvalue weighted by atomic mass is 9.99. The topological polar surface area (TPSA) is 3.88 Å². The van der Waals surface area contributed by atoms with Gasteiger partial charge in [0.15, 0.2) is 5.69 Å². The molecule has 94 valence electrons. The van der Waals surface area contributed by atoms with Crippen molar-refractivity contribution < 1.29 is 5.94 Å². The number of aromatic nitrogens is 1. The zero-order chi connectivity index (χ0) is 14.3. The minimum absolute atomic E-state index is 0.612. The Morgan fingerprint density at radius 1 is 0.947 bits per heavy atom. The SMILES string of the molecule is [2H]c1c(C)[n+](C)c(-c2ccccc2C)c2ccccc12. The fraction of sp³-hybridized carbons (Fsp3) is 0.167. The summed E-state index contributed by atoms with van der Waals surface area (Å²) in [5.41, 5.74) is 4.66. The van der Waals surface area contributed by atoms with Crippen LogP contribution in [0.5, 0.6) is 0 Å². The number of nitrogens with zero attached hydrogens (tertiary/aromatic N) is 1. The smallest absolute Gasteiger partial charge is 0.198 e. The van der Waals surface area contributed by atoms with E-state index in [4.69, 9.17) is 1.37 Å². The van der Waals surface area contributed by atoms with Gasteiger partial charge in [-0.2, -0.15) is 4.57 Å². The summed E-state index contributed by atoms with van der Waals surface area (Å²) in [5.74, 6) is 0. The molecule has 0 saturated carbocycles. The van der Waals surface area contributed by atoms with Crippen molar-refractivity contribution in [3.05, 3.63) is 65.8 Å². The Morgan fingerprint density at radius 2 is 1.63 bits per heavy atom. The molecule has 0 atom stereocenters. The van der Waals surface area contributed by atoms with Gasteiger partial charge in [0, 0.05) is 18.5 Å². The van der Waals surface area contributed by atoms with Crippen LogP contribution in [0.4, 0.5) is 0 Å². The number of hydrogen-bond acceptors (Lipinski definition) is 0. The van der Waals surface area contributed by atoms with Crippen LogP contribution in [0.25, 0.3) is 22.0 Å². The molecule has 1 heterocycles. The molecule has 0 N–H and O–H groups in total. The number of hydrogen-bond donors (Lipinski definition) is 0. The Kier molecular flexibility index (Phi) is 2.55. The largest absolute Gasteiger partial charge is 0.220 e. The van der Waals surface area contributed by atoms with Crippen LogP contribution < -0.4 is 4.57 Å². The molecule has 0 fully saturated rings. The maximum Gasteiger partial charge on any atom is 0.220 e. The van der Waals surface area contributed by atoms with Crippen LogP contribution in [-0.2, 0) is 7.05 Å². The fourth-order valence-electron chi connectivity index (χ4n) is 2.59. The summed E-state index contributed by atoms with van der Waals surface area (Å²) in [7, 11) is 2.04. The van der Waals surface area contributed by atoms with Crippen LogP contribution in [0.1, 0.15) is 12.6 Å². The number of benzene rings is 2. The molecule has 0 amide bonds. The Hall–Kier alpha value is -2.15. The van der Waals surface area contributed by atoms with Crippen LogP contribution in [0.15, 0.2) is 54.6 Å². The van der Waals surface area contributed by atoms with Gasteiger partial charge < -0.3 is 0 Å². The average molecular weight is 249 g/mol. The lowest BCUT2D eigenvalue weighted by Crippen LogP contribution is -2.35. The van der Waals surface area contributed by atoms with Gasteiger partial charge in [-0.3, -0.25) is 0 Å². The van der Waals surface area contributed by atoms with Crippen molar-refractivity contribution in [1.29, 1.82) is 0 Å². The van der Waals surface area contributed by atoms with E-state index in [9.17, 15) is 0 Å². The lowest BCUT2D eigenvalue weighted by Gasteiger charge is -2.09. The van der Waals surface area contributed by atoms with Crippen molar-refractivity contribution in [3.8, 4) is 11.3 Å². The first-order chi connectivity index (χ1) is 9.61. The number of aryl methyl sites for hydroxylation is 1. The lowest BCUT2D eigenvalue weighted by molar-refractivity contribution is -0.665. The molecule has 0 aliphatic heterocycles. The normalized spacial score (nSPS) is 11.6. The molecule has 0 unspecified atom stereocenters. The van der Waals surface area contributed by atoms with Crippen LogP contribution >= 0.6 is 0 Å². The van der Waals surface area contributed by atoms with E-state index in [1.54, 1.807) is 0 Å². The third-order valence-corrected chi connectivity index (χ3v) is 3.74. The molecule has 19 heavy (non-hydrogen) atoms. The summed E-state index contributed by atoms with van der Waals surface area (Å²) in [6.45, 7) is 4.14. The van der Waals surface area contributed by atoms with E-state index < -0.39 is 0 Å². The zero-order valence-electron chi connectivity index (χ0n) is 12.6. The fourth-order valence-corrected chi connectivity index (χ4v) is 2.59. The highest BCUT2D eigenvalue weighted by molar-refractivity contribution is 5.93. The Bertz CT molecular complexity index is 806. The molecule has 3 aromatic rings. The molecule has 0 spiro atoms. The summed E-state index contributed by atoms with van der Waals surface area (Å²) in [6.07, 6.45) is 0. The second-order valence-corrected chi connectivity index (χ2v) is 4.98. The molecule has 0 aliphatic rings. The molecule has 3 rings (SSSR count). The van der Waals surface area contributed by atoms with Gasteiger partial charge in [0.2, 0.25) is 5.69 Å². The van der Waals surface area contributed by atoms with Crippen LogP contribution in [0.2, 0.25) is 0 Å². The molecule has 0 radical (unpaired) electrons. The Balaban J connectivity index is 2.51. The molecular formula is C18H18N+. The van der Waals surface area contributed by atoms with Crippen molar-refractivity contribution >= 4 is 10.8 Å². The minimum Gasteiger partial charge on any atom is -0.198 e. The highest BCUT2D eigenvalue weighted by Gasteiger charge is 2.18. The number of pyridine rings is 1. The van der Waals surface area contributed by atoms with E-state index in [2.05, 4.69) is 41.8 Å². The zero-order valence-corrected chi connectivity index (χ0v) is 11.6. The third-order valence-electron chi connectivity index (χ3n) is 3.74. The second-order valence-electron chi connectivity index (χ2n) is 4.98. The van der Waals surface area contributed by atoms with Crippen LogP contribution in [0, 0.1) is 13.8 Å². The number of fused-ring (bicyclic) bond motifs is 1. The molecule has 0 bridgehead atoms. The monoisotopic (exact) mass is 249 g/mol. The first-order valence-corrected chi connectivity index (χ1v) is 6.55. The molecule has 1 nitrogen and oxygen atoms in total. The second kappa shape index (κ2) is 4.51. The Morgan fingerprint density at radius 3 is 2.42 bits per heavy atom. The summed E-state index contributed by atoms with van der Waals surface area (Å²) < 4.78 is 10.5. The quantitative estimate of drug-likeness (QED) is 0.575. The summed E-state index contributed by atoms with van der Waals surface area (Å²) in [6, 6.07) is 17.2. The summed E-state index contributed by atoms with van der Waals surface area (Å²) >= 11 is 0. The average Bonchev–Trinajstić information content (AvgIpc) is 2.47. The predicted octanol–water partition coefficient (Wildman–Crippen LogP) is 3.95. The van der Waals surface area contributed by atoms with Gasteiger partial charge in [0.1, 0.15) is 7.05 Å². The van der Waals surface area contributed by atoms with Crippen molar-refractivity contribution in [3.63, 3.8) is 0 Å². The van der Waals surface area contributed by atoms with Gasteiger partial charge in [-0.1, -0.05) is 36.4 Å². The van der Waals surface area contributed by atoms with Gasteiger partial charge >= 0.3 is 0 Å². The highest BCUT2D eigenvalue weighted by atomic mass is 14.9. The van der Waals surface area contributed by atoms with E-state index in [1.807, 2.05) is 32.2 Å². The van der Waals surface area contributed by atoms with Crippen molar-refractivity contribution in [2.45, 2.75) is 13.8 Å². The van der Waals surface area contributed by atoms with Gasteiger partial charge in [-0.25, -0.2) is 0 Å². The van der Waals surface area contributed by atoms with Crippen LogP contribution in [-0.4, -0.2) is 0 Å². The predicted molar refractivity (Wildman–Crippen MR) is 80.0 cm³/mol. The summed E-state index contributed by atoms with van der Waals surface area (Å²) in [4.78, 5) is 0. The standard InChI is InChI=1S/C18H18N/c1-13-8-4-6-10-16(13)18-17-11-7-5-9-15(17)12-14(2)19(18)3/h4-12H,1-3H3/q+1/i12D. The first kappa shape index (κ1) is 10.7. The van der Waals surface area contributed by atoms with Crippen molar-refractivity contribution in [2.24, 2.45) is 7.05 Å². The van der Waals surface area contributed by atoms with Crippen molar-refractivity contribution in [2.75, 3.05) is 0 Å². The van der Waals surface area contributed by atoms with E-state index in [1.165, 1.54) is 16.8 Å². The molecule has 2 aromatic carbocycles. The van der Waals surface area contributed by atoms with E-state index in [-0.39, 0.29) is 0 Å². The molecular weight excluding hydrogens is 230 g/mol. The van der Waals surface area contributed by atoms with E-state index in [0.29, 0.717) is 6.04 Å². The van der Waals surface area contributed by atoms with Crippen molar-refractivity contribution in [1.82, 2.24) is 0 Å². The van der Waals surface area contributed by atoms with Gasteiger partial charge in [0.05, 0.1) is 6.76 Å². The maximum absolute atomic E-state index is 8.32. The van der Waals surface area contributed by atoms with Gasteiger partial charge in [-0.05, 0) is 30.0 Å². The molecule has 1 aromatic heterocycles. The highest BCUT2D eigenvalue weighted by Crippen LogP contribution is 2.28. The summed E-state index contributed by atoms with van der Waals surface area (Å²) in [5, 5.41) is 2.15. The van der Waals surface area contributed by atoms with E-state index in [0.717, 1.165) is 16.5 Å². The van der Waals surface area contributed by atoms with Gasteiger partial charge in [-0.15, -0.1) is 0 Å². The Labute approximate surface area is 115 Å². The van der Waals surface area contributed by atoms with Gasteiger partial charge in [0.25, 0.3) is 0 Å². The minimum atomic E-state index is 0.612. The van der Waals surface area contributed by atoms with Crippen LogP contribution in [0.3, 0.4) is 0 Å².